The summed E-state index contributed by atoms with van der Waals surface area (Å²) >= 11 is 0. The Morgan fingerprint density at radius 2 is 1.10 bits per heavy atom. The smallest absolute Gasteiger partial charge is 0.195 e. The number of aliphatic hydroxyl groups is 2. The fourth-order valence-corrected chi connectivity index (χ4v) is 3.30. The van der Waals surface area contributed by atoms with Gasteiger partial charge in [-0.25, -0.2) is 0 Å². The van der Waals surface area contributed by atoms with Gasteiger partial charge in [-0.1, -0.05) is 24.3 Å². The van der Waals surface area contributed by atoms with Gasteiger partial charge in [0.05, 0.1) is 0 Å². The van der Waals surface area contributed by atoms with Gasteiger partial charge in [0.1, 0.15) is 35.9 Å². The molecule has 6 N–H and O–H groups in total. The number of hydrogen-bond acceptors (Lipinski definition) is 7. The second kappa shape index (κ2) is 10.5. The summed E-state index contributed by atoms with van der Waals surface area (Å²) in [7, 11) is 0. The monoisotopic (exact) mass is 416 g/mol. The number of benzene rings is 2. The van der Waals surface area contributed by atoms with Crippen LogP contribution in [-0.4, -0.2) is 53.5 Å². The fourth-order valence-electron chi connectivity index (χ4n) is 3.30. The molecule has 0 saturated heterocycles. The highest BCUT2D eigenvalue weighted by Gasteiger charge is 2.42. The number of rotatable bonds is 12. The molecule has 0 amide bonds. The van der Waals surface area contributed by atoms with E-state index < -0.39 is 17.0 Å². The maximum Gasteiger partial charge on any atom is 0.195 e. The Kier molecular flexibility index (Phi) is 8.37. The highest BCUT2D eigenvalue weighted by atomic mass is 16.5. The molecule has 2 aromatic carbocycles. The summed E-state index contributed by atoms with van der Waals surface area (Å²) in [6, 6.07) is 14.2. The summed E-state index contributed by atoms with van der Waals surface area (Å²) in [6.45, 7) is 4.52. The zero-order valence-corrected chi connectivity index (χ0v) is 17.6. The molecule has 2 atom stereocenters. The van der Waals surface area contributed by atoms with E-state index in [1.807, 2.05) is 0 Å². The Balaban J connectivity index is 2.02. The highest BCUT2D eigenvalue weighted by Crippen LogP contribution is 2.25. The third-order valence-electron chi connectivity index (χ3n) is 4.69. The summed E-state index contributed by atoms with van der Waals surface area (Å²) in [6.07, 6.45) is 0.149. The molecule has 0 fully saturated rings. The quantitative estimate of drug-likeness (QED) is 0.409. The summed E-state index contributed by atoms with van der Waals surface area (Å²) in [5.41, 5.74) is 8.88. The van der Waals surface area contributed by atoms with E-state index in [1.165, 1.54) is 13.8 Å². The van der Waals surface area contributed by atoms with E-state index in [0.717, 1.165) is 11.1 Å². The molecule has 2 aromatic rings. The van der Waals surface area contributed by atoms with E-state index in [1.54, 1.807) is 48.5 Å². The van der Waals surface area contributed by atoms with E-state index in [0.29, 0.717) is 37.8 Å². The molecule has 0 spiro atoms. The first-order valence-corrected chi connectivity index (χ1v) is 10.0. The van der Waals surface area contributed by atoms with Gasteiger partial charge < -0.3 is 31.2 Å². The number of carbonyl (C=O) groups is 1. The van der Waals surface area contributed by atoms with E-state index in [2.05, 4.69) is 0 Å². The van der Waals surface area contributed by atoms with Crippen LogP contribution in [0, 0.1) is 0 Å². The molecule has 0 bridgehead atoms. The molecule has 7 heteroatoms. The lowest BCUT2D eigenvalue weighted by Gasteiger charge is -2.31. The highest BCUT2D eigenvalue weighted by molar-refractivity contribution is 5.94. The molecule has 0 heterocycles. The van der Waals surface area contributed by atoms with Crippen molar-refractivity contribution in [3.63, 3.8) is 0 Å². The van der Waals surface area contributed by atoms with Crippen molar-refractivity contribution in [2.45, 2.75) is 37.9 Å². The second-order valence-corrected chi connectivity index (χ2v) is 7.79. The largest absolute Gasteiger partial charge is 0.492 e. The standard InChI is InChI=1S/C23H32N2O5/c1-22(27,15-17-3-7-19(8-4-17)29-13-11-24)21(26)23(2,28)16-18-5-9-20(10-6-18)30-14-12-25/h3-10,27-28H,11-16,24-25H2,1-2H3. The van der Waals surface area contributed by atoms with Crippen LogP contribution in [0.3, 0.4) is 0 Å². The lowest BCUT2D eigenvalue weighted by Crippen LogP contribution is -2.52. The van der Waals surface area contributed by atoms with Crippen LogP contribution < -0.4 is 20.9 Å². The van der Waals surface area contributed by atoms with Gasteiger partial charge in [-0.2, -0.15) is 0 Å². The zero-order chi connectivity index (χ0) is 22.2. The van der Waals surface area contributed by atoms with E-state index in [-0.39, 0.29) is 12.8 Å². The van der Waals surface area contributed by atoms with Crippen molar-refractivity contribution in [1.82, 2.24) is 0 Å². The van der Waals surface area contributed by atoms with Gasteiger partial charge in [-0.15, -0.1) is 0 Å². The minimum absolute atomic E-state index is 0.0744. The molecule has 0 aliphatic carbocycles. The van der Waals surface area contributed by atoms with Crippen LogP contribution in [0.2, 0.25) is 0 Å². The van der Waals surface area contributed by atoms with Crippen molar-refractivity contribution >= 4 is 5.78 Å². The minimum Gasteiger partial charge on any atom is -0.492 e. The first-order chi connectivity index (χ1) is 14.2. The average Bonchev–Trinajstić information content (AvgIpc) is 2.71. The molecule has 0 saturated carbocycles. The summed E-state index contributed by atoms with van der Waals surface area (Å²) in [5.74, 6) is 0.698. The van der Waals surface area contributed by atoms with Gasteiger partial charge >= 0.3 is 0 Å². The first kappa shape index (κ1) is 23.8. The Hall–Kier alpha value is -2.45. The van der Waals surface area contributed by atoms with E-state index >= 15 is 0 Å². The molecule has 2 unspecified atom stereocenters. The summed E-state index contributed by atoms with van der Waals surface area (Å²) in [4.78, 5) is 12.9. The van der Waals surface area contributed by atoms with Crippen molar-refractivity contribution in [3.8, 4) is 11.5 Å². The summed E-state index contributed by atoms with van der Waals surface area (Å²) in [5, 5.41) is 21.6. The van der Waals surface area contributed by atoms with Gasteiger partial charge in [0.15, 0.2) is 5.78 Å². The third kappa shape index (κ3) is 6.81. The number of carbonyl (C=O) groups excluding carboxylic acids is 1. The maximum absolute atomic E-state index is 12.9. The lowest BCUT2D eigenvalue weighted by molar-refractivity contribution is -0.153. The first-order valence-electron chi connectivity index (χ1n) is 10.0. The van der Waals surface area contributed by atoms with Crippen molar-refractivity contribution in [3.05, 3.63) is 59.7 Å². The Morgan fingerprint density at radius 3 is 1.40 bits per heavy atom. The van der Waals surface area contributed by atoms with Crippen LogP contribution in [0.5, 0.6) is 11.5 Å². The van der Waals surface area contributed by atoms with Crippen LogP contribution in [0.25, 0.3) is 0 Å². The van der Waals surface area contributed by atoms with Gasteiger partial charge in [0, 0.05) is 25.9 Å². The molecule has 7 nitrogen and oxygen atoms in total. The van der Waals surface area contributed by atoms with Crippen molar-refractivity contribution in [2.75, 3.05) is 26.3 Å². The van der Waals surface area contributed by atoms with Gasteiger partial charge in [-0.05, 0) is 49.2 Å². The van der Waals surface area contributed by atoms with E-state index in [9.17, 15) is 15.0 Å². The van der Waals surface area contributed by atoms with E-state index in [4.69, 9.17) is 20.9 Å². The molecule has 0 aliphatic rings. The minimum atomic E-state index is -1.73. The van der Waals surface area contributed by atoms with Gasteiger partial charge in [-0.3, -0.25) is 4.79 Å². The molecule has 0 aliphatic heterocycles. The number of ether oxygens (including phenoxy) is 2. The predicted molar refractivity (Wildman–Crippen MR) is 116 cm³/mol. The Labute approximate surface area is 177 Å². The number of ketones is 1. The lowest BCUT2D eigenvalue weighted by atomic mass is 9.80. The SMILES string of the molecule is CC(O)(Cc1ccc(OCCN)cc1)C(=O)C(C)(O)Cc1ccc(OCCN)cc1. The summed E-state index contributed by atoms with van der Waals surface area (Å²) < 4.78 is 10.9. The van der Waals surface area contributed by atoms with Crippen LogP contribution in [-0.2, 0) is 17.6 Å². The molecular formula is C23H32N2O5. The average molecular weight is 417 g/mol. The van der Waals surface area contributed by atoms with Crippen LogP contribution in [0.1, 0.15) is 25.0 Å². The van der Waals surface area contributed by atoms with Crippen molar-refractivity contribution in [1.29, 1.82) is 0 Å². The molecule has 0 aromatic heterocycles. The Morgan fingerprint density at radius 1 is 0.767 bits per heavy atom. The topological polar surface area (TPSA) is 128 Å². The zero-order valence-electron chi connectivity index (χ0n) is 17.6. The van der Waals surface area contributed by atoms with Crippen molar-refractivity contribution in [2.24, 2.45) is 11.5 Å². The molecule has 30 heavy (non-hydrogen) atoms. The Bertz CT molecular complexity index is 734. The number of hydrogen-bond donors (Lipinski definition) is 4. The van der Waals surface area contributed by atoms with Crippen LogP contribution in [0.15, 0.2) is 48.5 Å². The number of Topliss-reactive ketones (excluding diaryl/α,β-unsaturated/α-hetero) is 1. The molecule has 2 rings (SSSR count). The number of nitrogens with two attached hydrogens (primary N) is 2. The van der Waals surface area contributed by atoms with Crippen molar-refractivity contribution < 1.29 is 24.5 Å². The third-order valence-corrected chi connectivity index (χ3v) is 4.69. The second-order valence-electron chi connectivity index (χ2n) is 7.79. The van der Waals surface area contributed by atoms with Gasteiger partial charge in [0.25, 0.3) is 0 Å². The fraction of sp³-hybridized carbons (Fsp3) is 0.435. The van der Waals surface area contributed by atoms with Crippen LogP contribution in [0.4, 0.5) is 0 Å². The molecule has 0 radical (unpaired) electrons. The normalized spacial score (nSPS) is 15.1. The van der Waals surface area contributed by atoms with Gasteiger partial charge in [0.2, 0.25) is 0 Å². The van der Waals surface area contributed by atoms with Crippen LogP contribution >= 0.6 is 0 Å². The predicted octanol–water partition coefficient (Wildman–Crippen LogP) is 1.22. The molecule has 164 valence electrons. The molecular weight excluding hydrogens is 384 g/mol. The maximum atomic E-state index is 12.9.